The lowest BCUT2D eigenvalue weighted by Crippen LogP contribution is -2.25. The minimum atomic E-state index is 0.823. The van der Waals surface area contributed by atoms with E-state index in [9.17, 15) is 0 Å². The van der Waals surface area contributed by atoms with Crippen molar-refractivity contribution in [3.8, 4) is 11.3 Å². The van der Waals surface area contributed by atoms with Crippen molar-refractivity contribution in [2.75, 3.05) is 31.1 Å². The number of hydrogen-bond donors (Lipinski definition) is 1. The Hall–Kier alpha value is -1.39. The Kier molecular flexibility index (Phi) is 2.78. The molecule has 0 radical (unpaired) electrons. The van der Waals surface area contributed by atoms with E-state index in [2.05, 4.69) is 39.9 Å². The Balaban J connectivity index is 1.56. The predicted octanol–water partition coefficient (Wildman–Crippen LogP) is 2.47. The van der Waals surface area contributed by atoms with Gasteiger partial charge in [0.15, 0.2) is 5.13 Å². The van der Waals surface area contributed by atoms with Crippen LogP contribution in [0.25, 0.3) is 11.3 Å². The van der Waals surface area contributed by atoms with Crippen LogP contribution in [0.5, 0.6) is 0 Å². The van der Waals surface area contributed by atoms with Gasteiger partial charge in [-0.25, -0.2) is 4.98 Å². The summed E-state index contributed by atoms with van der Waals surface area (Å²) in [4.78, 5) is 7.28. The van der Waals surface area contributed by atoms with Gasteiger partial charge in [0.1, 0.15) is 0 Å². The highest BCUT2D eigenvalue weighted by Gasteiger charge is 2.36. The fraction of sp³-hybridized carbons (Fsp3) is 0.400. The van der Waals surface area contributed by atoms with E-state index in [1.807, 2.05) is 6.07 Å². The second-order valence-electron chi connectivity index (χ2n) is 5.46. The van der Waals surface area contributed by atoms with Gasteiger partial charge in [0.2, 0.25) is 0 Å². The van der Waals surface area contributed by atoms with Gasteiger partial charge in [0, 0.05) is 37.1 Å². The summed E-state index contributed by atoms with van der Waals surface area (Å²) in [5.41, 5.74) is 2.32. The molecule has 2 aromatic rings. The summed E-state index contributed by atoms with van der Waals surface area (Å²) in [7, 11) is 0. The van der Waals surface area contributed by atoms with E-state index in [1.165, 1.54) is 36.9 Å². The zero-order valence-corrected chi connectivity index (χ0v) is 11.6. The van der Waals surface area contributed by atoms with Crippen LogP contribution in [0.15, 0.2) is 35.7 Å². The summed E-state index contributed by atoms with van der Waals surface area (Å²) < 4.78 is 0. The standard InChI is InChI=1S/C15H17N3S/c1-2-4-11(5-3-1)14-10-19-15(17-14)18-8-12-6-16-7-13(12)9-18/h1-5,10,12-13,16H,6-9H2. The highest BCUT2D eigenvalue weighted by atomic mass is 32.1. The Labute approximate surface area is 117 Å². The number of anilines is 1. The van der Waals surface area contributed by atoms with Crippen LogP contribution >= 0.6 is 11.3 Å². The Morgan fingerprint density at radius 1 is 1.11 bits per heavy atom. The normalized spacial score (nSPS) is 25.8. The molecule has 1 aromatic carbocycles. The largest absolute Gasteiger partial charge is 0.347 e. The van der Waals surface area contributed by atoms with Gasteiger partial charge in [-0.3, -0.25) is 0 Å². The summed E-state index contributed by atoms with van der Waals surface area (Å²) >= 11 is 1.77. The summed E-state index contributed by atoms with van der Waals surface area (Å²) in [6, 6.07) is 10.4. The number of aromatic nitrogens is 1. The molecule has 98 valence electrons. The van der Waals surface area contributed by atoms with Crippen molar-refractivity contribution < 1.29 is 0 Å². The lowest BCUT2D eigenvalue weighted by Gasteiger charge is -2.15. The summed E-state index contributed by atoms with van der Waals surface area (Å²) in [6.07, 6.45) is 0. The van der Waals surface area contributed by atoms with Crippen molar-refractivity contribution in [3.63, 3.8) is 0 Å². The van der Waals surface area contributed by atoms with E-state index < -0.39 is 0 Å². The van der Waals surface area contributed by atoms with Gasteiger partial charge in [-0.2, -0.15) is 0 Å². The van der Waals surface area contributed by atoms with Gasteiger partial charge in [-0.05, 0) is 11.8 Å². The smallest absolute Gasteiger partial charge is 0.185 e. The van der Waals surface area contributed by atoms with Crippen LogP contribution in [-0.2, 0) is 0 Å². The van der Waals surface area contributed by atoms with E-state index in [0.29, 0.717) is 0 Å². The molecule has 2 saturated heterocycles. The van der Waals surface area contributed by atoms with E-state index in [1.54, 1.807) is 11.3 Å². The average Bonchev–Trinajstić information content (AvgIpc) is 3.14. The van der Waals surface area contributed by atoms with Crippen molar-refractivity contribution in [2.45, 2.75) is 0 Å². The van der Waals surface area contributed by atoms with Gasteiger partial charge >= 0.3 is 0 Å². The second-order valence-corrected chi connectivity index (χ2v) is 6.30. The molecule has 1 aromatic heterocycles. The first-order valence-electron chi connectivity index (χ1n) is 6.87. The lowest BCUT2D eigenvalue weighted by atomic mass is 10.0. The first-order chi connectivity index (χ1) is 9.40. The van der Waals surface area contributed by atoms with Crippen molar-refractivity contribution in [2.24, 2.45) is 11.8 Å². The highest BCUT2D eigenvalue weighted by Crippen LogP contribution is 2.34. The number of rotatable bonds is 2. The molecular weight excluding hydrogens is 254 g/mol. The van der Waals surface area contributed by atoms with Crippen LogP contribution in [0, 0.1) is 11.8 Å². The summed E-state index contributed by atoms with van der Waals surface area (Å²) in [6.45, 7) is 4.69. The number of thiazole rings is 1. The molecule has 3 nitrogen and oxygen atoms in total. The average molecular weight is 271 g/mol. The maximum absolute atomic E-state index is 4.81. The molecular formula is C15H17N3S. The SMILES string of the molecule is c1ccc(-c2csc(N3CC4CNCC4C3)n2)cc1. The van der Waals surface area contributed by atoms with Crippen LogP contribution in [0.1, 0.15) is 0 Å². The molecule has 3 heterocycles. The molecule has 0 amide bonds. The number of fused-ring (bicyclic) bond motifs is 1. The molecule has 0 bridgehead atoms. The van der Waals surface area contributed by atoms with Crippen LogP contribution in [0.3, 0.4) is 0 Å². The lowest BCUT2D eigenvalue weighted by molar-refractivity contribution is 0.533. The Bertz CT molecular complexity index is 554. The molecule has 4 heteroatoms. The minimum absolute atomic E-state index is 0.823. The maximum atomic E-state index is 4.81. The Morgan fingerprint density at radius 3 is 2.58 bits per heavy atom. The fourth-order valence-corrected chi connectivity index (χ4v) is 4.02. The van der Waals surface area contributed by atoms with Crippen molar-refractivity contribution >= 4 is 16.5 Å². The number of nitrogens with one attached hydrogen (secondary N) is 1. The van der Waals surface area contributed by atoms with Crippen molar-refractivity contribution in [1.29, 1.82) is 0 Å². The minimum Gasteiger partial charge on any atom is -0.347 e. The molecule has 19 heavy (non-hydrogen) atoms. The Morgan fingerprint density at radius 2 is 1.84 bits per heavy atom. The molecule has 2 aliphatic rings. The van der Waals surface area contributed by atoms with Gasteiger partial charge < -0.3 is 10.2 Å². The third-order valence-electron chi connectivity index (χ3n) is 4.22. The third-order valence-corrected chi connectivity index (χ3v) is 5.12. The molecule has 2 atom stereocenters. The first kappa shape index (κ1) is 11.4. The highest BCUT2D eigenvalue weighted by molar-refractivity contribution is 7.14. The topological polar surface area (TPSA) is 28.2 Å². The van der Waals surface area contributed by atoms with E-state index in [-0.39, 0.29) is 0 Å². The summed E-state index contributed by atoms with van der Waals surface area (Å²) in [5.74, 6) is 1.65. The quantitative estimate of drug-likeness (QED) is 0.909. The van der Waals surface area contributed by atoms with Crippen LogP contribution in [0.2, 0.25) is 0 Å². The van der Waals surface area contributed by atoms with E-state index >= 15 is 0 Å². The summed E-state index contributed by atoms with van der Waals surface area (Å²) in [5, 5.41) is 6.85. The van der Waals surface area contributed by atoms with Gasteiger partial charge in [0.05, 0.1) is 5.69 Å². The van der Waals surface area contributed by atoms with Crippen molar-refractivity contribution in [3.05, 3.63) is 35.7 Å². The van der Waals surface area contributed by atoms with Gasteiger partial charge in [0.25, 0.3) is 0 Å². The molecule has 4 rings (SSSR count). The molecule has 2 unspecified atom stereocenters. The van der Waals surface area contributed by atoms with Crippen LogP contribution < -0.4 is 10.2 Å². The predicted molar refractivity (Wildman–Crippen MR) is 79.6 cm³/mol. The molecule has 2 aliphatic heterocycles. The number of nitrogens with zero attached hydrogens (tertiary/aromatic N) is 2. The number of hydrogen-bond acceptors (Lipinski definition) is 4. The number of benzene rings is 1. The molecule has 0 aliphatic carbocycles. The zero-order valence-electron chi connectivity index (χ0n) is 10.7. The molecule has 2 fully saturated rings. The third kappa shape index (κ3) is 2.05. The van der Waals surface area contributed by atoms with Gasteiger partial charge in [-0.15, -0.1) is 11.3 Å². The van der Waals surface area contributed by atoms with Gasteiger partial charge in [-0.1, -0.05) is 30.3 Å². The second kappa shape index (κ2) is 4.62. The fourth-order valence-electron chi connectivity index (χ4n) is 3.16. The van der Waals surface area contributed by atoms with E-state index in [4.69, 9.17) is 4.98 Å². The maximum Gasteiger partial charge on any atom is 0.185 e. The zero-order chi connectivity index (χ0) is 12.7. The van der Waals surface area contributed by atoms with E-state index in [0.717, 1.165) is 17.5 Å². The van der Waals surface area contributed by atoms with Crippen molar-refractivity contribution in [1.82, 2.24) is 10.3 Å². The molecule has 1 N–H and O–H groups in total. The van der Waals surface area contributed by atoms with Crippen LogP contribution in [-0.4, -0.2) is 31.2 Å². The first-order valence-corrected chi connectivity index (χ1v) is 7.75. The monoisotopic (exact) mass is 271 g/mol. The van der Waals surface area contributed by atoms with Crippen LogP contribution in [0.4, 0.5) is 5.13 Å². The molecule has 0 saturated carbocycles. The molecule has 0 spiro atoms.